The van der Waals surface area contributed by atoms with Crippen LogP contribution in [0.25, 0.3) is 0 Å². The quantitative estimate of drug-likeness (QED) is 0.406. The number of carbonyl (C=O) groups is 3. The van der Waals surface area contributed by atoms with E-state index in [1.165, 1.54) is 0 Å². The van der Waals surface area contributed by atoms with E-state index in [1.807, 2.05) is 0 Å². The number of nitrogens with zero attached hydrogens (tertiary/aromatic N) is 1. The lowest BCUT2D eigenvalue weighted by molar-refractivity contribution is -0.149. The molecule has 5 heteroatoms. The molecule has 1 rings (SSSR count). The lowest BCUT2D eigenvalue weighted by Crippen LogP contribution is -2.38. The number of Topliss-reactive ketones (excluding diaryl/α,β-unsaturated/α-hetero) is 1. The fourth-order valence-electron chi connectivity index (χ4n) is 1.95. The molecule has 1 aliphatic heterocycles. The molecule has 0 spiro atoms. The molecule has 0 N–H and O–H groups in total. The van der Waals surface area contributed by atoms with Gasteiger partial charge in [0, 0.05) is 18.6 Å². The zero-order valence-electron chi connectivity index (χ0n) is 10.1. The summed E-state index contributed by atoms with van der Waals surface area (Å²) in [6, 6.07) is -0.168. The summed E-state index contributed by atoms with van der Waals surface area (Å²) in [4.78, 5) is 37.9. The summed E-state index contributed by atoms with van der Waals surface area (Å²) in [5, 5.41) is 0. The molecule has 1 aliphatic rings. The van der Waals surface area contributed by atoms with Crippen LogP contribution in [0.4, 0.5) is 0 Å². The van der Waals surface area contributed by atoms with Gasteiger partial charge in [0.15, 0.2) is 11.7 Å². The van der Waals surface area contributed by atoms with Crippen LogP contribution in [0.15, 0.2) is 4.99 Å². The van der Waals surface area contributed by atoms with Gasteiger partial charge in [-0.25, -0.2) is 0 Å². The summed E-state index contributed by atoms with van der Waals surface area (Å²) in [5.41, 5.74) is 0.496. The van der Waals surface area contributed by atoms with E-state index in [0.29, 0.717) is 18.6 Å². The van der Waals surface area contributed by atoms with E-state index >= 15 is 0 Å². The molecule has 2 atom stereocenters. The normalized spacial score (nSPS) is 24.1. The zero-order valence-corrected chi connectivity index (χ0v) is 10.1. The van der Waals surface area contributed by atoms with E-state index in [2.05, 4.69) is 4.99 Å². The average molecular weight is 239 g/mol. The minimum Gasteiger partial charge on any atom is -0.465 e. The van der Waals surface area contributed by atoms with Crippen molar-refractivity contribution >= 4 is 23.8 Å². The molecule has 5 nitrogen and oxygen atoms in total. The number of ether oxygens (including phenoxy) is 1. The third-order valence-electron chi connectivity index (χ3n) is 2.70. The van der Waals surface area contributed by atoms with Crippen molar-refractivity contribution in [3.05, 3.63) is 0 Å². The number of carbonyl (C=O) groups excluding carboxylic acids is 3. The molecule has 0 saturated heterocycles. The standard InChI is InChI=1S/C12H17NO4/c1-3-17-12(16)11-8(2)13-9(5-4-6-14)7-10(11)15/h6,9,11H,3-5,7H2,1-2H3. The first kappa shape index (κ1) is 13.5. The van der Waals surface area contributed by atoms with E-state index in [4.69, 9.17) is 4.74 Å². The van der Waals surface area contributed by atoms with Crippen molar-refractivity contribution in [3.63, 3.8) is 0 Å². The Morgan fingerprint density at radius 2 is 2.29 bits per heavy atom. The van der Waals surface area contributed by atoms with E-state index in [9.17, 15) is 14.4 Å². The molecular formula is C12H17NO4. The maximum atomic E-state index is 11.8. The third kappa shape index (κ3) is 3.47. The molecule has 94 valence electrons. The number of ketones is 1. The molecule has 17 heavy (non-hydrogen) atoms. The number of hydrogen-bond donors (Lipinski definition) is 0. The molecule has 2 unspecified atom stereocenters. The minimum atomic E-state index is -0.845. The Kier molecular flexibility index (Phi) is 5.00. The smallest absolute Gasteiger partial charge is 0.322 e. The fourth-order valence-corrected chi connectivity index (χ4v) is 1.95. The van der Waals surface area contributed by atoms with Gasteiger partial charge in [-0.2, -0.15) is 0 Å². The second kappa shape index (κ2) is 6.27. The van der Waals surface area contributed by atoms with Gasteiger partial charge in [-0.05, 0) is 20.3 Å². The molecule has 0 aromatic rings. The van der Waals surface area contributed by atoms with E-state index in [1.54, 1.807) is 13.8 Å². The van der Waals surface area contributed by atoms with Crippen molar-refractivity contribution in [2.45, 2.75) is 39.2 Å². The molecule has 1 heterocycles. The Labute approximate surface area is 100 Å². The summed E-state index contributed by atoms with van der Waals surface area (Å²) < 4.78 is 4.84. The first-order valence-electron chi connectivity index (χ1n) is 5.77. The van der Waals surface area contributed by atoms with Crippen molar-refractivity contribution in [1.29, 1.82) is 0 Å². The van der Waals surface area contributed by atoms with Gasteiger partial charge < -0.3 is 9.53 Å². The van der Waals surface area contributed by atoms with Crippen LogP contribution < -0.4 is 0 Å². The molecular weight excluding hydrogens is 222 g/mol. The highest BCUT2D eigenvalue weighted by atomic mass is 16.5. The summed E-state index contributed by atoms with van der Waals surface area (Å²) in [6.07, 6.45) is 1.97. The van der Waals surface area contributed by atoms with Crippen LogP contribution in [0, 0.1) is 5.92 Å². The van der Waals surface area contributed by atoms with Crippen LogP contribution in [0.3, 0.4) is 0 Å². The Bertz CT molecular complexity index is 348. The molecule has 0 fully saturated rings. The van der Waals surface area contributed by atoms with Crippen LogP contribution in [0.2, 0.25) is 0 Å². The van der Waals surface area contributed by atoms with Crippen molar-refractivity contribution in [2.24, 2.45) is 10.9 Å². The Morgan fingerprint density at radius 1 is 1.59 bits per heavy atom. The number of esters is 1. The van der Waals surface area contributed by atoms with Gasteiger partial charge in [0.1, 0.15) is 6.29 Å². The van der Waals surface area contributed by atoms with Gasteiger partial charge >= 0.3 is 5.97 Å². The summed E-state index contributed by atoms with van der Waals surface area (Å²) >= 11 is 0. The number of aliphatic imine (C=N–C) groups is 1. The number of aldehydes is 1. The largest absolute Gasteiger partial charge is 0.465 e. The molecule has 0 amide bonds. The minimum absolute atomic E-state index is 0.160. The average Bonchev–Trinajstić information content (AvgIpc) is 2.25. The van der Waals surface area contributed by atoms with Crippen LogP contribution in [-0.2, 0) is 19.1 Å². The highest BCUT2D eigenvalue weighted by Crippen LogP contribution is 2.20. The lowest BCUT2D eigenvalue weighted by Gasteiger charge is -2.23. The zero-order chi connectivity index (χ0) is 12.8. The molecule has 0 saturated carbocycles. The highest BCUT2D eigenvalue weighted by molar-refractivity contribution is 6.19. The second-order valence-electron chi connectivity index (χ2n) is 4.02. The summed E-state index contributed by atoms with van der Waals surface area (Å²) in [7, 11) is 0. The van der Waals surface area contributed by atoms with Crippen molar-refractivity contribution in [1.82, 2.24) is 0 Å². The van der Waals surface area contributed by atoms with Gasteiger partial charge in [0.25, 0.3) is 0 Å². The van der Waals surface area contributed by atoms with E-state index < -0.39 is 11.9 Å². The topological polar surface area (TPSA) is 72.8 Å². The van der Waals surface area contributed by atoms with Crippen molar-refractivity contribution in [2.75, 3.05) is 6.61 Å². The Hall–Kier alpha value is -1.52. The Balaban J connectivity index is 2.73. The molecule has 0 bridgehead atoms. The second-order valence-corrected chi connectivity index (χ2v) is 4.02. The predicted octanol–water partition coefficient (Wildman–Crippen LogP) is 0.947. The summed E-state index contributed by atoms with van der Waals surface area (Å²) in [6.45, 7) is 3.61. The highest BCUT2D eigenvalue weighted by Gasteiger charge is 2.35. The van der Waals surface area contributed by atoms with Crippen molar-refractivity contribution < 1.29 is 19.1 Å². The number of hydrogen-bond acceptors (Lipinski definition) is 5. The third-order valence-corrected chi connectivity index (χ3v) is 2.70. The SMILES string of the molecule is CCOC(=O)C1C(=O)CC(CCC=O)N=C1C. The van der Waals surface area contributed by atoms with E-state index in [0.717, 1.165) is 6.29 Å². The molecule has 0 aromatic carbocycles. The van der Waals surface area contributed by atoms with Crippen LogP contribution in [-0.4, -0.2) is 36.4 Å². The molecule has 0 aliphatic carbocycles. The van der Waals surface area contributed by atoms with Crippen LogP contribution in [0.5, 0.6) is 0 Å². The van der Waals surface area contributed by atoms with Crippen molar-refractivity contribution in [3.8, 4) is 0 Å². The first-order chi connectivity index (χ1) is 8.10. The maximum absolute atomic E-state index is 11.8. The molecule has 0 radical (unpaired) electrons. The van der Waals surface area contributed by atoms with Gasteiger partial charge in [-0.1, -0.05) is 0 Å². The summed E-state index contributed by atoms with van der Waals surface area (Å²) in [5.74, 6) is -1.53. The van der Waals surface area contributed by atoms with Gasteiger partial charge in [-0.3, -0.25) is 14.6 Å². The fraction of sp³-hybridized carbons (Fsp3) is 0.667. The van der Waals surface area contributed by atoms with Crippen LogP contribution in [0.1, 0.15) is 33.1 Å². The van der Waals surface area contributed by atoms with Crippen LogP contribution >= 0.6 is 0 Å². The number of rotatable bonds is 5. The van der Waals surface area contributed by atoms with E-state index in [-0.39, 0.29) is 24.9 Å². The first-order valence-corrected chi connectivity index (χ1v) is 5.77. The molecule has 0 aromatic heterocycles. The van der Waals surface area contributed by atoms with Gasteiger partial charge in [-0.15, -0.1) is 0 Å². The monoisotopic (exact) mass is 239 g/mol. The Morgan fingerprint density at radius 3 is 2.82 bits per heavy atom. The lowest BCUT2D eigenvalue weighted by atomic mass is 9.89. The van der Waals surface area contributed by atoms with Gasteiger partial charge in [0.05, 0.1) is 12.6 Å². The predicted molar refractivity (Wildman–Crippen MR) is 61.9 cm³/mol. The maximum Gasteiger partial charge on any atom is 0.322 e. The van der Waals surface area contributed by atoms with Gasteiger partial charge in [0.2, 0.25) is 0 Å².